The average molecular weight is 251 g/mol. The van der Waals surface area contributed by atoms with Gasteiger partial charge in [0.1, 0.15) is 5.75 Å². The quantitative estimate of drug-likeness (QED) is 0.836. The Hall–Kier alpha value is -1.10. The Bertz CT molecular complexity index is 419. The molecule has 18 heavy (non-hydrogen) atoms. The zero-order valence-electron chi connectivity index (χ0n) is 11.0. The highest BCUT2D eigenvalue weighted by Crippen LogP contribution is 2.41. The topological polar surface area (TPSA) is 64.7 Å². The van der Waals surface area contributed by atoms with Gasteiger partial charge in [-0.25, -0.2) is 0 Å². The molecule has 4 heteroatoms. The van der Waals surface area contributed by atoms with Crippen molar-refractivity contribution in [3.8, 4) is 5.75 Å². The summed E-state index contributed by atoms with van der Waals surface area (Å²) >= 11 is 0. The highest BCUT2D eigenvalue weighted by Gasteiger charge is 2.49. The van der Waals surface area contributed by atoms with E-state index in [2.05, 4.69) is 0 Å². The molecule has 2 rings (SSSR count). The summed E-state index contributed by atoms with van der Waals surface area (Å²) in [5, 5.41) is 10.6. The number of ether oxygens (including phenoxy) is 2. The number of hydrogen-bond donors (Lipinski definition) is 2. The zero-order valence-corrected chi connectivity index (χ0v) is 11.0. The van der Waals surface area contributed by atoms with Crippen LogP contribution < -0.4 is 10.5 Å². The summed E-state index contributed by atoms with van der Waals surface area (Å²) in [4.78, 5) is 0. The van der Waals surface area contributed by atoms with Gasteiger partial charge in [0.25, 0.3) is 0 Å². The van der Waals surface area contributed by atoms with Crippen LogP contribution in [0.25, 0.3) is 0 Å². The number of aliphatic hydroxyl groups is 1. The molecule has 0 amide bonds. The molecule has 1 aliphatic heterocycles. The number of para-hydroxylation sites is 1. The zero-order chi connectivity index (χ0) is 13.2. The van der Waals surface area contributed by atoms with Crippen molar-refractivity contribution in [2.75, 3.05) is 26.9 Å². The van der Waals surface area contributed by atoms with E-state index in [0.29, 0.717) is 19.6 Å². The van der Waals surface area contributed by atoms with E-state index >= 15 is 0 Å². The molecule has 1 aromatic rings. The third-order valence-corrected chi connectivity index (χ3v) is 3.96. The maximum atomic E-state index is 10.6. The largest absolute Gasteiger partial charge is 0.493 e. The first-order valence-corrected chi connectivity index (χ1v) is 6.17. The second-order valence-electron chi connectivity index (χ2n) is 5.26. The second kappa shape index (κ2) is 4.88. The molecular formula is C14H21NO3. The van der Waals surface area contributed by atoms with Crippen LogP contribution in [-0.2, 0) is 11.2 Å². The highest BCUT2D eigenvalue weighted by molar-refractivity contribution is 5.37. The molecule has 2 atom stereocenters. The van der Waals surface area contributed by atoms with Gasteiger partial charge >= 0.3 is 0 Å². The normalized spacial score (nSPS) is 26.0. The summed E-state index contributed by atoms with van der Waals surface area (Å²) in [5.41, 5.74) is 5.49. The molecule has 0 fully saturated rings. The summed E-state index contributed by atoms with van der Waals surface area (Å²) < 4.78 is 10.9. The predicted molar refractivity (Wildman–Crippen MR) is 69.6 cm³/mol. The van der Waals surface area contributed by atoms with Crippen LogP contribution in [0.2, 0.25) is 0 Å². The molecule has 1 heterocycles. The molecule has 1 aromatic carbocycles. The van der Waals surface area contributed by atoms with Gasteiger partial charge in [-0.3, -0.25) is 0 Å². The van der Waals surface area contributed by atoms with Gasteiger partial charge in [-0.1, -0.05) is 18.2 Å². The molecule has 0 saturated heterocycles. The maximum Gasteiger partial charge on any atom is 0.122 e. The molecule has 0 saturated carbocycles. The van der Waals surface area contributed by atoms with Crippen LogP contribution in [0.3, 0.4) is 0 Å². The lowest BCUT2D eigenvalue weighted by atomic mass is 9.68. The summed E-state index contributed by atoms with van der Waals surface area (Å²) in [6, 6.07) is 7.88. The Morgan fingerprint density at radius 2 is 2.22 bits per heavy atom. The van der Waals surface area contributed by atoms with Gasteiger partial charge in [0.15, 0.2) is 0 Å². The number of nitrogens with two attached hydrogens (primary N) is 1. The summed E-state index contributed by atoms with van der Waals surface area (Å²) in [6.07, 6.45) is 0.704. The number of fused-ring (bicyclic) bond motifs is 1. The van der Waals surface area contributed by atoms with Crippen molar-refractivity contribution in [2.24, 2.45) is 11.1 Å². The summed E-state index contributed by atoms with van der Waals surface area (Å²) in [6.45, 7) is 2.78. The van der Waals surface area contributed by atoms with Crippen LogP contribution in [-0.4, -0.2) is 37.6 Å². The molecule has 0 bridgehead atoms. The van der Waals surface area contributed by atoms with Crippen molar-refractivity contribution < 1.29 is 14.6 Å². The van der Waals surface area contributed by atoms with E-state index in [-0.39, 0.29) is 6.61 Å². The third kappa shape index (κ3) is 2.11. The molecule has 1 aliphatic rings. The Morgan fingerprint density at radius 1 is 1.50 bits per heavy atom. The van der Waals surface area contributed by atoms with Crippen molar-refractivity contribution in [2.45, 2.75) is 18.9 Å². The Morgan fingerprint density at radius 3 is 2.89 bits per heavy atom. The first-order chi connectivity index (χ1) is 8.54. The van der Waals surface area contributed by atoms with E-state index in [1.165, 1.54) is 0 Å². The number of hydrogen-bond acceptors (Lipinski definition) is 4. The molecule has 0 aliphatic carbocycles. The highest BCUT2D eigenvalue weighted by atomic mass is 16.5. The van der Waals surface area contributed by atoms with E-state index in [9.17, 15) is 5.11 Å². The van der Waals surface area contributed by atoms with Crippen molar-refractivity contribution in [3.05, 3.63) is 29.8 Å². The van der Waals surface area contributed by atoms with Gasteiger partial charge in [0.05, 0.1) is 24.2 Å². The van der Waals surface area contributed by atoms with Crippen molar-refractivity contribution in [3.63, 3.8) is 0 Å². The predicted octanol–water partition coefficient (Wildman–Crippen LogP) is 0.964. The minimum atomic E-state index is -1.01. The molecule has 4 nitrogen and oxygen atoms in total. The van der Waals surface area contributed by atoms with Crippen LogP contribution in [0.4, 0.5) is 0 Å². The van der Waals surface area contributed by atoms with Gasteiger partial charge in [0.2, 0.25) is 0 Å². The Kier molecular flexibility index (Phi) is 3.61. The van der Waals surface area contributed by atoms with Gasteiger partial charge in [-0.05, 0) is 25.0 Å². The minimum absolute atomic E-state index is 0.246. The lowest BCUT2D eigenvalue weighted by molar-refractivity contribution is -0.128. The molecule has 0 radical (unpaired) electrons. The van der Waals surface area contributed by atoms with E-state index in [0.717, 1.165) is 11.3 Å². The van der Waals surface area contributed by atoms with E-state index in [1.807, 2.05) is 24.3 Å². The smallest absolute Gasteiger partial charge is 0.122 e. The van der Waals surface area contributed by atoms with Crippen LogP contribution in [0, 0.1) is 5.41 Å². The molecule has 0 aromatic heterocycles. The second-order valence-corrected chi connectivity index (χ2v) is 5.26. The first-order valence-electron chi connectivity index (χ1n) is 6.17. The molecule has 0 spiro atoms. The standard InChI is InChI=1S/C14H21NO3/c1-13(16,9-17-2)14(8-15)7-11-5-3-4-6-12(11)18-10-14/h3-6,16H,7-10,15H2,1-2H3. The van der Waals surface area contributed by atoms with Crippen LogP contribution >= 0.6 is 0 Å². The fourth-order valence-corrected chi connectivity index (χ4v) is 2.55. The van der Waals surface area contributed by atoms with Crippen LogP contribution in [0.5, 0.6) is 5.75 Å². The van der Waals surface area contributed by atoms with Gasteiger partial charge in [-0.2, -0.15) is 0 Å². The SMILES string of the molecule is COCC(C)(O)C1(CN)COc2ccccc2C1. The molecule has 2 unspecified atom stereocenters. The third-order valence-electron chi connectivity index (χ3n) is 3.96. The lowest BCUT2D eigenvalue weighted by Gasteiger charge is -2.46. The summed E-state index contributed by atoms with van der Waals surface area (Å²) in [7, 11) is 1.58. The van der Waals surface area contributed by atoms with E-state index in [1.54, 1.807) is 14.0 Å². The minimum Gasteiger partial charge on any atom is -0.493 e. The molecule has 100 valence electrons. The fourth-order valence-electron chi connectivity index (χ4n) is 2.55. The lowest BCUT2D eigenvalue weighted by Crippen LogP contribution is -2.59. The molecule has 3 N–H and O–H groups in total. The summed E-state index contributed by atoms with van der Waals surface area (Å²) in [5.74, 6) is 0.884. The fraction of sp³-hybridized carbons (Fsp3) is 0.571. The van der Waals surface area contributed by atoms with Gasteiger partial charge < -0.3 is 20.3 Å². The number of rotatable bonds is 4. The Balaban J connectivity index is 2.32. The van der Waals surface area contributed by atoms with Gasteiger partial charge in [0, 0.05) is 13.7 Å². The van der Waals surface area contributed by atoms with Gasteiger partial charge in [-0.15, -0.1) is 0 Å². The van der Waals surface area contributed by atoms with Crippen molar-refractivity contribution in [1.82, 2.24) is 0 Å². The number of methoxy groups -OCH3 is 1. The van der Waals surface area contributed by atoms with E-state index < -0.39 is 11.0 Å². The van der Waals surface area contributed by atoms with Crippen molar-refractivity contribution in [1.29, 1.82) is 0 Å². The molecular weight excluding hydrogens is 230 g/mol. The van der Waals surface area contributed by atoms with E-state index in [4.69, 9.17) is 15.2 Å². The van der Waals surface area contributed by atoms with Crippen LogP contribution in [0.15, 0.2) is 24.3 Å². The first kappa shape index (κ1) is 13.3. The maximum absolute atomic E-state index is 10.6. The number of benzene rings is 1. The van der Waals surface area contributed by atoms with Crippen LogP contribution in [0.1, 0.15) is 12.5 Å². The monoisotopic (exact) mass is 251 g/mol. The average Bonchev–Trinajstić information content (AvgIpc) is 2.37. The Labute approximate surface area is 108 Å². The van der Waals surface area contributed by atoms with Crippen molar-refractivity contribution >= 4 is 0 Å².